The summed E-state index contributed by atoms with van der Waals surface area (Å²) in [4.78, 5) is 11.1. The second kappa shape index (κ2) is 5.63. The summed E-state index contributed by atoms with van der Waals surface area (Å²) in [5, 5.41) is -0.919. The molecule has 0 fully saturated rings. The molecule has 0 saturated heterocycles. The van der Waals surface area contributed by atoms with Gasteiger partial charge >= 0.3 is 0 Å². The second-order valence-electron chi connectivity index (χ2n) is 2.90. The van der Waals surface area contributed by atoms with Crippen LogP contribution in [0.4, 0.5) is 0 Å². The molecule has 1 atom stereocenters. The van der Waals surface area contributed by atoms with Crippen LogP contribution in [0.2, 0.25) is 0 Å². The van der Waals surface area contributed by atoms with Crippen molar-refractivity contribution in [3.05, 3.63) is 29.8 Å². The molecule has 0 amide bonds. The molecule has 0 spiro atoms. The van der Waals surface area contributed by atoms with E-state index in [0.29, 0.717) is 12.4 Å². The summed E-state index contributed by atoms with van der Waals surface area (Å²) in [5.74, 6) is 0.508. The molecule has 0 aliphatic carbocycles. The lowest BCUT2D eigenvalue weighted by atomic mass is 10.2. The zero-order valence-corrected chi connectivity index (χ0v) is 9.08. The van der Waals surface area contributed by atoms with Crippen LogP contribution in [0.3, 0.4) is 0 Å². The van der Waals surface area contributed by atoms with Gasteiger partial charge in [0.1, 0.15) is 5.75 Å². The fraction of sp³-hybridized carbons (Fsp3) is 0.300. The lowest BCUT2D eigenvalue weighted by Gasteiger charge is -2.07. The van der Waals surface area contributed by atoms with Gasteiger partial charge in [0, 0.05) is 16.6 Å². The molecule has 0 heterocycles. The molecule has 1 aromatic rings. The van der Waals surface area contributed by atoms with Gasteiger partial charge in [-0.1, -0.05) is 19.1 Å². The summed E-state index contributed by atoms with van der Waals surface area (Å²) in [5.41, 5.74) is 0.122. The maximum Gasteiger partial charge on any atom is 0.236 e. The van der Waals surface area contributed by atoms with Crippen LogP contribution in [0, 0.1) is 0 Å². The van der Waals surface area contributed by atoms with Crippen molar-refractivity contribution in [2.75, 3.05) is 6.61 Å². The van der Waals surface area contributed by atoms with E-state index in [-0.39, 0.29) is 5.56 Å². The molecule has 82 valence electrons. The van der Waals surface area contributed by atoms with Crippen molar-refractivity contribution in [2.45, 2.75) is 13.3 Å². The first-order valence-corrected chi connectivity index (χ1v) is 5.59. The molecule has 0 N–H and O–H groups in total. The quantitative estimate of drug-likeness (QED) is 0.731. The fourth-order valence-electron chi connectivity index (χ4n) is 1.03. The highest BCUT2D eigenvalue weighted by molar-refractivity contribution is 7.95. The van der Waals surface area contributed by atoms with Gasteiger partial charge in [-0.25, -0.2) is 0 Å². The predicted molar refractivity (Wildman–Crippen MR) is 55.5 cm³/mol. The molecule has 1 rings (SSSR count). The molecule has 0 aromatic heterocycles. The monoisotopic (exact) mass is 227 g/mol. The molecule has 4 nitrogen and oxygen atoms in total. The van der Waals surface area contributed by atoms with E-state index in [9.17, 15) is 13.6 Å². The fourth-order valence-corrected chi connectivity index (χ4v) is 1.35. The van der Waals surface area contributed by atoms with Gasteiger partial charge in [-0.3, -0.25) is 9.00 Å². The Labute approximate surface area is 90.5 Å². The Morgan fingerprint density at radius 1 is 1.53 bits per heavy atom. The Morgan fingerprint density at radius 2 is 2.27 bits per heavy atom. The minimum absolute atomic E-state index is 0.122. The van der Waals surface area contributed by atoms with E-state index in [1.807, 2.05) is 6.92 Å². The third kappa shape index (κ3) is 3.45. The maximum atomic E-state index is 11.1. The number of rotatable bonds is 4. The molecule has 5 heteroatoms. The molecular weight excluding hydrogens is 216 g/mol. The standard InChI is InChI=1S/C10H12O4S/c1-2-6-14-9-5-3-4-8(7-9)10(11)15(12)13/h3-5,7H,2,6H2,1H3,(H,12,13)/p-1. The Morgan fingerprint density at radius 3 is 2.87 bits per heavy atom. The van der Waals surface area contributed by atoms with Gasteiger partial charge in [-0.05, 0) is 18.6 Å². The first kappa shape index (κ1) is 11.9. The van der Waals surface area contributed by atoms with Crippen LogP contribution in [-0.2, 0) is 11.1 Å². The van der Waals surface area contributed by atoms with E-state index in [2.05, 4.69) is 0 Å². The van der Waals surface area contributed by atoms with Crippen LogP contribution in [0.15, 0.2) is 24.3 Å². The van der Waals surface area contributed by atoms with Gasteiger partial charge in [0.25, 0.3) is 0 Å². The molecule has 1 unspecified atom stereocenters. The first-order chi connectivity index (χ1) is 7.15. The second-order valence-corrected chi connectivity index (χ2v) is 3.74. The SMILES string of the molecule is CCCOc1cccc(C(=O)S(=O)[O-])c1. The van der Waals surface area contributed by atoms with Gasteiger partial charge in [0.2, 0.25) is 5.12 Å². The summed E-state index contributed by atoms with van der Waals surface area (Å²) >= 11 is -2.72. The summed E-state index contributed by atoms with van der Waals surface area (Å²) < 4.78 is 26.1. The minimum atomic E-state index is -2.72. The van der Waals surface area contributed by atoms with Crippen molar-refractivity contribution < 1.29 is 18.3 Å². The lowest BCUT2D eigenvalue weighted by Crippen LogP contribution is -2.06. The highest BCUT2D eigenvalue weighted by atomic mass is 32.2. The molecule has 0 radical (unpaired) electrons. The van der Waals surface area contributed by atoms with Crippen molar-refractivity contribution in [3.8, 4) is 5.75 Å². The third-order valence-electron chi connectivity index (χ3n) is 1.69. The molecule has 0 saturated carbocycles. The molecule has 0 aliphatic heterocycles. The number of hydrogen-bond donors (Lipinski definition) is 0. The van der Waals surface area contributed by atoms with Gasteiger partial charge in [-0.15, -0.1) is 0 Å². The zero-order valence-electron chi connectivity index (χ0n) is 8.26. The van der Waals surface area contributed by atoms with Crippen molar-refractivity contribution >= 4 is 16.2 Å². The normalized spacial score (nSPS) is 12.1. The highest BCUT2D eigenvalue weighted by Gasteiger charge is 2.06. The van der Waals surface area contributed by atoms with Gasteiger partial charge in [-0.2, -0.15) is 0 Å². The first-order valence-electron chi connectivity index (χ1n) is 4.51. The molecule has 15 heavy (non-hydrogen) atoms. The van der Waals surface area contributed by atoms with E-state index < -0.39 is 16.2 Å². The summed E-state index contributed by atoms with van der Waals surface area (Å²) in [7, 11) is 0. The van der Waals surface area contributed by atoms with E-state index in [0.717, 1.165) is 6.42 Å². The Hall–Kier alpha value is -1.20. The van der Waals surface area contributed by atoms with Gasteiger partial charge in [0.15, 0.2) is 0 Å². The largest absolute Gasteiger partial charge is 0.766 e. The minimum Gasteiger partial charge on any atom is -0.766 e. The number of carbonyl (C=O) groups excluding carboxylic acids is 1. The van der Waals surface area contributed by atoms with Crippen molar-refractivity contribution in [1.82, 2.24) is 0 Å². The molecule has 0 aliphatic rings. The Balaban J connectivity index is 2.82. The number of benzene rings is 1. The van der Waals surface area contributed by atoms with E-state index in [1.165, 1.54) is 12.1 Å². The molecule has 0 bridgehead atoms. The van der Waals surface area contributed by atoms with E-state index in [1.54, 1.807) is 12.1 Å². The average Bonchev–Trinajstić information content (AvgIpc) is 2.25. The van der Waals surface area contributed by atoms with Gasteiger partial charge in [0.05, 0.1) is 6.61 Å². The number of hydrogen-bond acceptors (Lipinski definition) is 4. The number of ether oxygens (including phenoxy) is 1. The smallest absolute Gasteiger partial charge is 0.236 e. The van der Waals surface area contributed by atoms with Crippen molar-refractivity contribution in [1.29, 1.82) is 0 Å². The van der Waals surface area contributed by atoms with Gasteiger partial charge < -0.3 is 9.29 Å². The van der Waals surface area contributed by atoms with Crippen LogP contribution in [-0.4, -0.2) is 20.5 Å². The topological polar surface area (TPSA) is 66.4 Å². The summed E-state index contributed by atoms with van der Waals surface area (Å²) in [6.45, 7) is 2.50. The van der Waals surface area contributed by atoms with Crippen LogP contribution < -0.4 is 4.74 Å². The lowest BCUT2D eigenvalue weighted by molar-refractivity contribution is 0.107. The molecule has 1 aromatic carbocycles. The third-order valence-corrected chi connectivity index (χ3v) is 2.23. The maximum absolute atomic E-state index is 11.1. The zero-order chi connectivity index (χ0) is 11.3. The summed E-state index contributed by atoms with van der Waals surface area (Å²) in [6.07, 6.45) is 0.853. The highest BCUT2D eigenvalue weighted by Crippen LogP contribution is 2.14. The molecular formula is C10H11O4S-. The van der Waals surface area contributed by atoms with Crippen molar-refractivity contribution in [2.24, 2.45) is 0 Å². The van der Waals surface area contributed by atoms with E-state index in [4.69, 9.17) is 4.74 Å². The summed E-state index contributed by atoms with van der Waals surface area (Å²) in [6, 6.07) is 6.13. The van der Waals surface area contributed by atoms with E-state index >= 15 is 0 Å². The van der Waals surface area contributed by atoms with Crippen molar-refractivity contribution in [3.63, 3.8) is 0 Å². The van der Waals surface area contributed by atoms with Crippen LogP contribution in [0.5, 0.6) is 5.75 Å². The average molecular weight is 227 g/mol. The van der Waals surface area contributed by atoms with Crippen LogP contribution >= 0.6 is 0 Å². The van der Waals surface area contributed by atoms with Crippen LogP contribution in [0.25, 0.3) is 0 Å². The predicted octanol–water partition coefficient (Wildman–Crippen LogP) is 1.49. The Bertz CT molecular complexity index is 375. The van der Waals surface area contributed by atoms with Crippen LogP contribution in [0.1, 0.15) is 23.7 Å². The number of carbonyl (C=O) groups is 1. The Kier molecular flexibility index (Phi) is 4.45.